The lowest BCUT2D eigenvalue weighted by molar-refractivity contribution is 0.121. The van der Waals surface area contributed by atoms with Crippen LogP contribution in [0.4, 0.5) is 0 Å². The lowest BCUT2D eigenvalue weighted by Gasteiger charge is -2.34. The fraction of sp³-hybridized carbons (Fsp3) is 1.00. The van der Waals surface area contributed by atoms with E-state index in [-0.39, 0.29) is 12.1 Å². The van der Waals surface area contributed by atoms with Crippen LogP contribution in [0.25, 0.3) is 0 Å². The first-order valence-corrected chi connectivity index (χ1v) is 6.20. The Labute approximate surface area is 94.9 Å². The van der Waals surface area contributed by atoms with Crippen LogP contribution in [0.2, 0.25) is 0 Å². The van der Waals surface area contributed by atoms with Gasteiger partial charge < -0.3 is 15.3 Å². The van der Waals surface area contributed by atoms with Gasteiger partial charge in [-0.05, 0) is 39.4 Å². The zero-order chi connectivity index (χ0) is 11.7. The lowest BCUT2D eigenvalue weighted by atomic mass is 10.0. The molecule has 0 spiro atoms. The van der Waals surface area contributed by atoms with Crippen molar-refractivity contribution in [2.75, 3.05) is 32.8 Å². The standard InChI is InChI=1S/C12H28N2O/c1-5-8-14(9-6-2)10-12(4,11-15)13-7-3/h13,15H,5-11H2,1-4H3. The average molecular weight is 216 g/mol. The highest BCUT2D eigenvalue weighted by Gasteiger charge is 2.24. The van der Waals surface area contributed by atoms with E-state index < -0.39 is 0 Å². The lowest BCUT2D eigenvalue weighted by Crippen LogP contribution is -2.54. The summed E-state index contributed by atoms with van der Waals surface area (Å²) >= 11 is 0. The zero-order valence-corrected chi connectivity index (χ0v) is 10.8. The van der Waals surface area contributed by atoms with Crippen LogP contribution in [0.3, 0.4) is 0 Å². The summed E-state index contributed by atoms with van der Waals surface area (Å²) in [6, 6.07) is 0. The molecule has 2 N–H and O–H groups in total. The second-order valence-corrected chi connectivity index (χ2v) is 4.53. The molecule has 0 radical (unpaired) electrons. The highest BCUT2D eigenvalue weighted by molar-refractivity contribution is 4.85. The van der Waals surface area contributed by atoms with E-state index in [1.54, 1.807) is 0 Å². The van der Waals surface area contributed by atoms with E-state index in [1.165, 1.54) is 12.8 Å². The zero-order valence-electron chi connectivity index (χ0n) is 10.8. The fourth-order valence-electron chi connectivity index (χ4n) is 1.98. The minimum atomic E-state index is -0.154. The maximum Gasteiger partial charge on any atom is 0.0623 e. The van der Waals surface area contributed by atoms with E-state index in [9.17, 15) is 5.11 Å². The van der Waals surface area contributed by atoms with Gasteiger partial charge in [-0.2, -0.15) is 0 Å². The number of hydrogen-bond acceptors (Lipinski definition) is 3. The second-order valence-electron chi connectivity index (χ2n) is 4.53. The predicted molar refractivity (Wildman–Crippen MR) is 66.2 cm³/mol. The van der Waals surface area contributed by atoms with Gasteiger partial charge in [-0.15, -0.1) is 0 Å². The number of nitrogens with one attached hydrogen (secondary N) is 1. The monoisotopic (exact) mass is 216 g/mol. The van der Waals surface area contributed by atoms with Gasteiger partial charge >= 0.3 is 0 Å². The minimum absolute atomic E-state index is 0.154. The number of hydrogen-bond donors (Lipinski definition) is 2. The number of aliphatic hydroxyl groups excluding tert-OH is 1. The largest absolute Gasteiger partial charge is 0.394 e. The fourth-order valence-corrected chi connectivity index (χ4v) is 1.98. The van der Waals surface area contributed by atoms with Crippen LogP contribution in [-0.2, 0) is 0 Å². The molecule has 0 saturated heterocycles. The van der Waals surface area contributed by atoms with Gasteiger partial charge in [0.1, 0.15) is 0 Å². The Balaban J connectivity index is 4.19. The SMILES string of the molecule is CCCN(CCC)CC(C)(CO)NCC. The van der Waals surface area contributed by atoms with Gasteiger partial charge in [0.15, 0.2) is 0 Å². The van der Waals surface area contributed by atoms with Crippen molar-refractivity contribution in [3.8, 4) is 0 Å². The van der Waals surface area contributed by atoms with Gasteiger partial charge in [0, 0.05) is 6.54 Å². The third-order valence-electron chi connectivity index (χ3n) is 2.60. The summed E-state index contributed by atoms with van der Waals surface area (Å²) in [6.45, 7) is 12.8. The van der Waals surface area contributed by atoms with Crippen LogP contribution in [0.5, 0.6) is 0 Å². The molecule has 0 aromatic carbocycles. The minimum Gasteiger partial charge on any atom is -0.394 e. The van der Waals surface area contributed by atoms with E-state index in [2.05, 4.69) is 37.9 Å². The first kappa shape index (κ1) is 14.9. The Bertz CT molecular complexity index is 147. The van der Waals surface area contributed by atoms with Crippen molar-refractivity contribution in [2.24, 2.45) is 0 Å². The van der Waals surface area contributed by atoms with Crippen LogP contribution in [0.1, 0.15) is 40.5 Å². The Morgan fingerprint density at radius 2 is 1.67 bits per heavy atom. The van der Waals surface area contributed by atoms with Gasteiger partial charge in [-0.25, -0.2) is 0 Å². The van der Waals surface area contributed by atoms with Gasteiger partial charge in [0.25, 0.3) is 0 Å². The van der Waals surface area contributed by atoms with Crippen molar-refractivity contribution < 1.29 is 5.11 Å². The number of nitrogens with zero attached hydrogens (tertiary/aromatic N) is 1. The van der Waals surface area contributed by atoms with Crippen molar-refractivity contribution in [3.63, 3.8) is 0 Å². The molecular weight excluding hydrogens is 188 g/mol. The molecule has 0 aromatic rings. The molecule has 0 fully saturated rings. The molecule has 0 amide bonds. The van der Waals surface area contributed by atoms with E-state index in [1.807, 2.05) is 0 Å². The maximum atomic E-state index is 9.41. The molecule has 0 rings (SSSR count). The van der Waals surface area contributed by atoms with Crippen molar-refractivity contribution in [1.82, 2.24) is 10.2 Å². The Morgan fingerprint density at radius 3 is 2.00 bits per heavy atom. The summed E-state index contributed by atoms with van der Waals surface area (Å²) in [6.07, 6.45) is 2.35. The molecule has 3 heteroatoms. The highest BCUT2D eigenvalue weighted by Crippen LogP contribution is 2.07. The highest BCUT2D eigenvalue weighted by atomic mass is 16.3. The molecule has 15 heavy (non-hydrogen) atoms. The first-order valence-electron chi connectivity index (χ1n) is 6.20. The molecule has 1 atom stereocenters. The second kappa shape index (κ2) is 8.08. The normalized spacial score (nSPS) is 15.6. The molecule has 0 bridgehead atoms. The molecule has 0 aliphatic carbocycles. The maximum absolute atomic E-state index is 9.41. The summed E-state index contributed by atoms with van der Waals surface area (Å²) in [5.41, 5.74) is -0.154. The van der Waals surface area contributed by atoms with Gasteiger partial charge in [-0.3, -0.25) is 0 Å². The molecule has 92 valence electrons. The number of likely N-dealkylation sites (N-methyl/N-ethyl adjacent to an activating group) is 1. The topological polar surface area (TPSA) is 35.5 Å². The Hall–Kier alpha value is -0.120. The quantitative estimate of drug-likeness (QED) is 0.612. The summed E-state index contributed by atoms with van der Waals surface area (Å²) < 4.78 is 0. The van der Waals surface area contributed by atoms with Gasteiger partial charge in [-0.1, -0.05) is 20.8 Å². The van der Waals surface area contributed by atoms with E-state index >= 15 is 0 Å². The van der Waals surface area contributed by atoms with Gasteiger partial charge in [0.05, 0.1) is 12.1 Å². The Kier molecular flexibility index (Phi) is 8.02. The van der Waals surface area contributed by atoms with E-state index in [0.29, 0.717) is 0 Å². The summed E-state index contributed by atoms with van der Waals surface area (Å²) in [5, 5.41) is 12.8. The first-order chi connectivity index (χ1) is 7.11. The molecule has 1 unspecified atom stereocenters. The van der Waals surface area contributed by atoms with E-state index in [0.717, 1.165) is 26.2 Å². The third kappa shape index (κ3) is 6.13. The molecule has 0 aromatic heterocycles. The summed E-state index contributed by atoms with van der Waals surface area (Å²) in [4.78, 5) is 2.43. The van der Waals surface area contributed by atoms with Crippen molar-refractivity contribution in [1.29, 1.82) is 0 Å². The smallest absolute Gasteiger partial charge is 0.0623 e. The van der Waals surface area contributed by atoms with Crippen molar-refractivity contribution in [3.05, 3.63) is 0 Å². The average Bonchev–Trinajstić information content (AvgIpc) is 2.19. The molecule has 3 nitrogen and oxygen atoms in total. The summed E-state index contributed by atoms with van der Waals surface area (Å²) in [7, 11) is 0. The van der Waals surface area contributed by atoms with Crippen molar-refractivity contribution in [2.45, 2.75) is 46.1 Å². The third-order valence-corrected chi connectivity index (χ3v) is 2.60. The predicted octanol–water partition coefficient (Wildman–Crippen LogP) is 1.47. The van der Waals surface area contributed by atoms with Gasteiger partial charge in [0.2, 0.25) is 0 Å². The molecule has 0 aliphatic rings. The summed E-state index contributed by atoms with van der Waals surface area (Å²) in [5.74, 6) is 0. The molecule has 0 aliphatic heterocycles. The number of rotatable bonds is 9. The molecule has 0 saturated carbocycles. The van der Waals surface area contributed by atoms with Crippen LogP contribution in [0, 0.1) is 0 Å². The van der Waals surface area contributed by atoms with Crippen LogP contribution >= 0.6 is 0 Å². The molecular formula is C12H28N2O. The van der Waals surface area contributed by atoms with Crippen LogP contribution in [0.15, 0.2) is 0 Å². The van der Waals surface area contributed by atoms with Crippen molar-refractivity contribution >= 4 is 0 Å². The molecule has 0 heterocycles. The van der Waals surface area contributed by atoms with E-state index in [4.69, 9.17) is 0 Å². The number of aliphatic hydroxyl groups is 1. The van der Waals surface area contributed by atoms with Crippen LogP contribution in [-0.4, -0.2) is 48.3 Å². The van der Waals surface area contributed by atoms with Crippen LogP contribution < -0.4 is 5.32 Å². The Morgan fingerprint density at radius 1 is 1.13 bits per heavy atom.